The van der Waals surface area contributed by atoms with E-state index in [0.717, 1.165) is 5.69 Å². The zero-order valence-corrected chi connectivity index (χ0v) is 10.4. The fourth-order valence-electron chi connectivity index (χ4n) is 1.41. The molecular formula is C13H20N2O2. The molecule has 17 heavy (non-hydrogen) atoms. The lowest BCUT2D eigenvalue weighted by Crippen LogP contribution is -2.29. The molecule has 2 amide bonds. The van der Waals surface area contributed by atoms with Gasteiger partial charge in [0.25, 0.3) is 0 Å². The topological polar surface area (TPSA) is 61.4 Å². The maximum Gasteiger partial charge on any atom is 0.319 e. The zero-order valence-electron chi connectivity index (χ0n) is 10.4. The van der Waals surface area contributed by atoms with Gasteiger partial charge >= 0.3 is 6.03 Å². The van der Waals surface area contributed by atoms with Crippen molar-refractivity contribution < 1.29 is 9.90 Å². The van der Waals surface area contributed by atoms with E-state index in [0.29, 0.717) is 18.9 Å². The summed E-state index contributed by atoms with van der Waals surface area (Å²) < 4.78 is 0. The largest absolute Gasteiger partial charge is 0.396 e. The van der Waals surface area contributed by atoms with Crippen LogP contribution in [0.5, 0.6) is 0 Å². The maximum absolute atomic E-state index is 11.4. The highest BCUT2D eigenvalue weighted by atomic mass is 16.3. The number of nitrogens with one attached hydrogen (secondary N) is 2. The van der Waals surface area contributed by atoms with Crippen LogP contribution in [0.3, 0.4) is 0 Å². The molecule has 0 spiro atoms. The smallest absolute Gasteiger partial charge is 0.319 e. The number of carbonyl (C=O) groups excluding carboxylic acids is 1. The molecule has 94 valence electrons. The molecule has 1 aromatic carbocycles. The third-order valence-electron chi connectivity index (χ3n) is 2.46. The van der Waals surface area contributed by atoms with E-state index in [-0.39, 0.29) is 12.6 Å². The van der Waals surface area contributed by atoms with Gasteiger partial charge in [0, 0.05) is 18.8 Å². The minimum atomic E-state index is -0.240. The van der Waals surface area contributed by atoms with E-state index >= 15 is 0 Å². The molecule has 0 saturated carbocycles. The predicted molar refractivity (Wildman–Crippen MR) is 69.3 cm³/mol. The Kier molecular flexibility index (Phi) is 5.49. The van der Waals surface area contributed by atoms with Crippen molar-refractivity contribution in [3.8, 4) is 0 Å². The SMILES string of the molecule is CC(C)c1ccc(NC(=O)NCCCO)cc1. The van der Waals surface area contributed by atoms with Gasteiger partial charge in [-0.25, -0.2) is 4.79 Å². The van der Waals surface area contributed by atoms with Crippen molar-refractivity contribution in [1.82, 2.24) is 5.32 Å². The number of aliphatic hydroxyl groups excluding tert-OH is 1. The Bertz CT molecular complexity index is 347. The van der Waals surface area contributed by atoms with Gasteiger partial charge in [0.15, 0.2) is 0 Å². The van der Waals surface area contributed by atoms with Gasteiger partial charge in [0.2, 0.25) is 0 Å². The van der Waals surface area contributed by atoms with Crippen molar-refractivity contribution in [1.29, 1.82) is 0 Å². The number of benzene rings is 1. The molecule has 0 unspecified atom stereocenters. The normalized spacial score (nSPS) is 10.4. The fourth-order valence-corrected chi connectivity index (χ4v) is 1.41. The molecule has 0 aliphatic heterocycles. The van der Waals surface area contributed by atoms with Crippen LogP contribution in [0.4, 0.5) is 10.5 Å². The third kappa shape index (κ3) is 4.87. The second-order valence-electron chi connectivity index (χ2n) is 4.23. The van der Waals surface area contributed by atoms with E-state index in [1.165, 1.54) is 5.56 Å². The highest BCUT2D eigenvalue weighted by Crippen LogP contribution is 2.16. The van der Waals surface area contributed by atoms with Crippen molar-refractivity contribution in [2.75, 3.05) is 18.5 Å². The minimum Gasteiger partial charge on any atom is -0.396 e. The summed E-state index contributed by atoms with van der Waals surface area (Å²) in [6.45, 7) is 4.82. The number of hydrogen-bond donors (Lipinski definition) is 3. The summed E-state index contributed by atoms with van der Waals surface area (Å²) in [5.74, 6) is 0.488. The summed E-state index contributed by atoms with van der Waals surface area (Å²) in [4.78, 5) is 11.4. The van der Waals surface area contributed by atoms with E-state index < -0.39 is 0 Å². The Morgan fingerprint density at radius 1 is 1.29 bits per heavy atom. The van der Waals surface area contributed by atoms with Crippen LogP contribution in [0.15, 0.2) is 24.3 Å². The van der Waals surface area contributed by atoms with Crippen LogP contribution in [0, 0.1) is 0 Å². The van der Waals surface area contributed by atoms with Crippen molar-refractivity contribution in [3.63, 3.8) is 0 Å². The molecule has 0 aromatic heterocycles. The summed E-state index contributed by atoms with van der Waals surface area (Å²) in [5.41, 5.74) is 2.02. The molecule has 0 aliphatic carbocycles. The first kappa shape index (κ1) is 13.5. The molecule has 4 nitrogen and oxygen atoms in total. The predicted octanol–water partition coefficient (Wildman–Crippen LogP) is 2.31. The number of carbonyl (C=O) groups is 1. The first-order valence-corrected chi connectivity index (χ1v) is 5.89. The second-order valence-corrected chi connectivity index (χ2v) is 4.23. The van der Waals surface area contributed by atoms with Gasteiger partial charge < -0.3 is 15.7 Å². The molecular weight excluding hydrogens is 216 g/mol. The number of rotatable bonds is 5. The third-order valence-corrected chi connectivity index (χ3v) is 2.46. The average Bonchev–Trinajstić information content (AvgIpc) is 2.30. The van der Waals surface area contributed by atoms with Crippen molar-refractivity contribution in [3.05, 3.63) is 29.8 Å². The van der Waals surface area contributed by atoms with Crippen LogP contribution in [0.2, 0.25) is 0 Å². The summed E-state index contributed by atoms with van der Waals surface area (Å²) in [7, 11) is 0. The monoisotopic (exact) mass is 236 g/mol. The summed E-state index contributed by atoms with van der Waals surface area (Å²) >= 11 is 0. The lowest BCUT2D eigenvalue weighted by atomic mass is 10.0. The maximum atomic E-state index is 11.4. The van der Waals surface area contributed by atoms with E-state index in [9.17, 15) is 4.79 Å². The van der Waals surface area contributed by atoms with E-state index in [4.69, 9.17) is 5.11 Å². The number of aliphatic hydroxyl groups is 1. The lowest BCUT2D eigenvalue weighted by molar-refractivity contribution is 0.249. The zero-order chi connectivity index (χ0) is 12.7. The van der Waals surface area contributed by atoms with E-state index in [1.54, 1.807) is 0 Å². The number of hydrogen-bond acceptors (Lipinski definition) is 2. The van der Waals surface area contributed by atoms with Crippen LogP contribution >= 0.6 is 0 Å². The molecule has 0 fully saturated rings. The lowest BCUT2D eigenvalue weighted by Gasteiger charge is -2.09. The highest BCUT2D eigenvalue weighted by Gasteiger charge is 2.02. The Morgan fingerprint density at radius 2 is 1.94 bits per heavy atom. The standard InChI is InChI=1S/C13H20N2O2/c1-10(2)11-4-6-12(7-5-11)15-13(17)14-8-3-9-16/h4-7,10,16H,3,8-9H2,1-2H3,(H2,14,15,17). The van der Waals surface area contributed by atoms with Crippen molar-refractivity contribution in [2.24, 2.45) is 0 Å². The summed E-state index contributed by atoms with van der Waals surface area (Å²) in [6.07, 6.45) is 0.569. The molecule has 0 saturated heterocycles. The van der Waals surface area contributed by atoms with Gasteiger partial charge in [0.05, 0.1) is 0 Å². The first-order chi connectivity index (χ1) is 8.13. The van der Waals surface area contributed by atoms with Crippen LogP contribution in [0.1, 0.15) is 31.7 Å². The Morgan fingerprint density at radius 3 is 2.47 bits per heavy atom. The molecule has 4 heteroatoms. The number of anilines is 1. The Labute approximate surface area is 102 Å². The molecule has 0 heterocycles. The molecule has 3 N–H and O–H groups in total. The summed E-state index contributed by atoms with van der Waals surface area (Å²) in [5, 5.41) is 14.0. The van der Waals surface area contributed by atoms with Crippen molar-refractivity contribution in [2.45, 2.75) is 26.2 Å². The second kappa shape index (κ2) is 6.91. The van der Waals surface area contributed by atoms with Gasteiger partial charge in [-0.2, -0.15) is 0 Å². The quantitative estimate of drug-likeness (QED) is 0.687. The van der Waals surface area contributed by atoms with Gasteiger partial charge in [-0.3, -0.25) is 0 Å². The van der Waals surface area contributed by atoms with Gasteiger partial charge in [-0.1, -0.05) is 26.0 Å². The van der Waals surface area contributed by atoms with Gasteiger partial charge in [-0.05, 0) is 30.0 Å². The van der Waals surface area contributed by atoms with Crippen LogP contribution in [-0.2, 0) is 0 Å². The molecule has 1 aromatic rings. The fraction of sp³-hybridized carbons (Fsp3) is 0.462. The Balaban J connectivity index is 2.43. The molecule has 0 aliphatic rings. The summed E-state index contributed by atoms with van der Waals surface area (Å²) in [6, 6.07) is 7.56. The Hall–Kier alpha value is -1.55. The minimum absolute atomic E-state index is 0.0867. The molecule has 1 rings (SSSR count). The van der Waals surface area contributed by atoms with Crippen LogP contribution in [-0.4, -0.2) is 24.3 Å². The molecule has 0 bridgehead atoms. The van der Waals surface area contributed by atoms with Gasteiger partial charge in [-0.15, -0.1) is 0 Å². The van der Waals surface area contributed by atoms with Crippen molar-refractivity contribution >= 4 is 11.7 Å². The van der Waals surface area contributed by atoms with Crippen LogP contribution < -0.4 is 10.6 Å². The van der Waals surface area contributed by atoms with Crippen LogP contribution in [0.25, 0.3) is 0 Å². The number of urea groups is 1. The molecule has 0 atom stereocenters. The first-order valence-electron chi connectivity index (χ1n) is 5.89. The molecule has 0 radical (unpaired) electrons. The van der Waals surface area contributed by atoms with E-state index in [2.05, 4.69) is 24.5 Å². The highest BCUT2D eigenvalue weighted by molar-refractivity contribution is 5.89. The average molecular weight is 236 g/mol. The van der Waals surface area contributed by atoms with E-state index in [1.807, 2.05) is 24.3 Å². The van der Waals surface area contributed by atoms with Gasteiger partial charge in [0.1, 0.15) is 0 Å². The number of amides is 2.